The lowest BCUT2D eigenvalue weighted by Crippen LogP contribution is -2.44. The summed E-state index contributed by atoms with van der Waals surface area (Å²) in [6, 6.07) is 5.60. The van der Waals surface area contributed by atoms with Gasteiger partial charge in [-0.15, -0.1) is 34.2 Å². The summed E-state index contributed by atoms with van der Waals surface area (Å²) < 4.78 is 40.0. The molecule has 1 aromatic carbocycles. The number of halogens is 4. The van der Waals surface area contributed by atoms with Gasteiger partial charge in [0.1, 0.15) is 6.33 Å². The molecule has 166 valence electrons. The minimum absolute atomic E-state index is 0. The molecule has 30 heavy (non-hydrogen) atoms. The van der Waals surface area contributed by atoms with Gasteiger partial charge in [0.2, 0.25) is 0 Å². The fourth-order valence-electron chi connectivity index (χ4n) is 3.38. The van der Waals surface area contributed by atoms with E-state index in [1.165, 1.54) is 0 Å². The molecule has 1 fully saturated rings. The van der Waals surface area contributed by atoms with Crippen LogP contribution in [0, 0.1) is 0 Å². The van der Waals surface area contributed by atoms with Crippen LogP contribution in [0.4, 0.5) is 13.2 Å². The van der Waals surface area contributed by atoms with Gasteiger partial charge in [-0.2, -0.15) is 13.2 Å². The molecule has 0 radical (unpaired) electrons. The van der Waals surface area contributed by atoms with Crippen molar-refractivity contribution in [3.63, 3.8) is 0 Å². The van der Waals surface area contributed by atoms with Crippen molar-refractivity contribution in [3.8, 4) is 0 Å². The van der Waals surface area contributed by atoms with Crippen LogP contribution < -0.4 is 10.6 Å². The fourth-order valence-corrected chi connectivity index (χ4v) is 3.38. The van der Waals surface area contributed by atoms with Crippen molar-refractivity contribution >= 4 is 29.9 Å². The van der Waals surface area contributed by atoms with E-state index in [0.29, 0.717) is 19.0 Å². The third kappa shape index (κ3) is 6.56. The molecule has 1 aliphatic rings. The van der Waals surface area contributed by atoms with Gasteiger partial charge in [0.25, 0.3) is 0 Å². The number of likely N-dealkylation sites (tertiary alicyclic amines) is 1. The number of hydrogen-bond acceptors (Lipinski definition) is 4. The van der Waals surface area contributed by atoms with E-state index in [9.17, 15) is 13.2 Å². The van der Waals surface area contributed by atoms with E-state index in [2.05, 4.69) is 30.7 Å². The number of rotatable bonds is 6. The van der Waals surface area contributed by atoms with Crippen molar-refractivity contribution in [2.45, 2.75) is 45.2 Å². The van der Waals surface area contributed by atoms with Crippen LogP contribution in [0.25, 0.3) is 0 Å². The van der Waals surface area contributed by atoms with E-state index in [-0.39, 0.29) is 30.0 Å². The topological polar surface area (TPSA) is 70.4 Å². The first-order chi connectivity index (χ1) is 13.9. The van der Waals surface area contributed by atoms with E-state index in [1.54, 1.807) is 25.5 Å². The molecule has 0 aliphatic carbocycles. The van der Waals surface area contributed by atoms with Gasteiger partial charge in [0, 0.05) is 39.3 Å². The maximum atomic E-state index is 12.7. The molecule has 0 spiro atoms. The molecule has 1 atom stereocenters. The van der Waals surface area contributed by atoms with Crippen LogP contribution in [0.1, 0.15) is 30.3 Å². The summed E-state index contributed by atoms with van der Waals surface area (Å²) >= 11 is 0. The van der Waals surface area contributed by atoms with Gasteiger partial charge in [-0.25, -0.2) is 0 Å². The normalized spacial score (nSPS) is 17.6. The Hall–Kier alpha value is -1.89. The first-order valence-electron chi connectivity index (χ1n) is 9.61. The van der Waals surface area contributed by atoms with Crippen molar-refractivity contribution in [2.24, 2.45) is 4.99 Å². The van der Waals surface area contributed by atoms with Crippen molar-refractivity contribution in [1.82, 2.24) is 30.3 Å². The number of nitrogens with zero attached hydrogens (tertiary/aromatic N) is 5. The smallest absolute Gasteiger partial charge is 0.352 e. The molecule has 7 nitrogen and oxygen atoms in total. The minimum atomic E-state index is -4.30. The van der Waals surface area contributed by atoms with Crippen molar-refractivity contribution in [1.29, 1.82) is 0 Å². The summed E-state index contributed by atoms with van der Waals surface area (Å²) in [4.78, 5) is 6.48. The summed E-state index contributed by atoms with van der Waals surface area (Å²) in [6.07, 6.45) is -1.66. The monoisotopic (exact) mass is 537 g/mol. The zero-order valence-corrected chi connectivity index (χ0v) is 19.3. The highest BCUT2D eigenvalue weighted by molar-refractivity contribution is 14.0. The van der Waals surface area contributed by atoms with Crippen LogP contribution in [-0.2, 0) is 25.8 Å². The summed E-state index contributed by atoms with van der Waals surface area (Å²) in [5.41, 5.74) is 0.260. The van der Waals surface area contributed by atoms with Gasteiger partial charge in [0.05, 0.1) is 12.1 Å². The molecule has 0 bridgehead atoms. The zero-order valence-electron chi connectivity index (χ0n) is 17.0. The largest absolute Gasteiger partial charge is 0.416 e. The Balaban J connectivity index is 0.00000320. The minimum Gasteiger partial charge on any atom is -0.352 e. The summed E-state index contributed by atoms with van der Waals surface area (Å²) in [5, 5.41) is 14.7. The maximum Gasteiger partial charge on any atom is 0.416 e. The number of benzene rings is 1. The van der Waals surface area contributed by atoms with Gasteiger partial charge < -0.3 is 15.2 Å². The number of aryl methyl sites for hydroxylation is 1. The van der Waals surface area contributed by atoms with E-state index < -0.39 is 11.7 Å². The number of alkyl halides is 3. The Morgan fingerprint density at radius 2 is 2.00 bits per heavy atom. The zero-order chi connectivity index (χ0) is 20.9. The second-order valence-electron chi connectivity index (χ2n) is 7.02. The molecule has 1 aliphatic heterocycles. The van der Waals surface area contributed by atoms with Crippen LogP contribution in [0.2, 0.25) is 0 Å². The molecular formula is C19H27F3IN7. The number of guanidine groups is 1. The summed E-state index contributed by atoms with van der Waals surface area (Å²) in [7, 11) is 1.72. The second-order valence-corrected chi connectivity index (χ2v) is 7.02. The first-order valence-corrected chi connectivity index (χ1v) is 9.61. The van der Waals surface area contributed by atoms with Crippen LogP contribution in [0.15, 0.2) is 35.6 Å². The van der Waals surface area contributed by atoms with E-state index >= 15 is 0 Å². The average molecular weight is 537 g/mol. The number of nitrogens with one attached hydrogen (secondary N) is 2. The van der Waals surface area contributed by atoms with Gasteiger partial charge >= 0.3 is 6.18 Å². The van der Waals surface area contributed by atoms with Crippen LogP contribution in [0.5, 0.6) is 0 Å². The number of hydrogen-bond donors (Lipinski definition) is 2. The second kappa shape index (κ2) is 10.9. The fraction of sp³-hybridized carbons (Fsp3) is 0.526. The summed E-state index contributed by atoms with van der Waals surface area (Å²) in [6.45, 7) is 5.66. The lowest BCUT2D eigenvalue weighted by molar-refractivity contribution is -0.137. The SMILES string of the molecule is CCn1cnnc1CNC(=NC)NC1CCN(Cc2ccc(C(F)(F)F)cc2)C1.I. The highest BCUT2D eigenvalue weighted by atomic mass is 127. The molecule has 3 rings (SSSR count). The summed E-state index contributed by atoms with van der Waals surface area (Å²) in [5.74, 6) is 1.53. The molecule has 11 heteroatoms. The van der Waals surface area contributed by atoms with Gasteiger partial charge in [0.15, 0.2) is 11.8 Å². The molecule has 2 aromatic rings. The highest BCUT2D eigenvalue weighted by Crippen LogP contribution is 2.29. The maximum absolute atomic E-state index is 12.7. The first kappa shape index (κ1) is 24.4. The Morgan fingerprint density at radius 1 is 1.27 bits per heavy atom. The van der Waals surface area contributed by atoms with Gasteiger partial charge in [-0.05, 0) is 31.0 Å². The van der Waals surface area contributed by atoms with Crippen molar-refractivity contribution in [2.75, 3.05) is 20.1 Å². The molecule has 0 saturated carbocycles. The predicted molar refractivity (Wildman–Crippen MR) is 120 cm³/mol. The number of aliphatic imine (C=N–C) groups is 1. The average Bonchev–Trinajstić information content (AvgIpc) is 3.33. The Bertz CT molecular complexity index is 820. The predicted octanol–water partition coefficient (Wildman–Crippen LogP) is 2.87. The Morgan fingerprint density at radius 3 is 2.63 bits per heavy atom. The van der Waals surface area contributed by atoms with Crippen LogP contribution >= 0.6 is 24.0 Å². The van der Waals surface area contributed by atoms with Gasteiger partial charge in [-0.1, -0.05) is 12.1 Å². The van der Waals surface area contributed by atoms with E-state index in [1.807, 2.05) is 11.5 Å². The standard InChI is InChI=1S/C19H26F3N7.HI/c1-3-29-13-25-27-17(29)10-24-18(23-2)26-16-8-9-28(12-16)11-14-4-6-15(7-5-14)19(20,21)22;/h4-7,13,16H,3,8-12H2,1-2H3,(H2,23,24,26);1H. The Labute approximate surface area is 191 Å². The lowest BCUT2D eigenvalue weighted by Gasteiger charge is -2.19. The van der Waals surface area contributed by atoms with Crippen molar-refractivity contribution < 1.29 is 13.2 Å². The van der Waals surface area contributed by atoms with Crippen molar-refractivity contribution in [3.05, 3.63) is 47.5 Å². The Kier molecular flexibility index (Phi) is 8.89. The van der Waals surface area contributed by atoms with Crippen LogP contribution in [0.3, 0.4) is 0 Å². The lowest BCUT2D eigenvalue weighted by atomic mass is 10.1. The molecular weight excluding hydrogens is 510 g/mol. The highest BCUT2D eigenvalue weighted by Gasteiger charge is 2.30. The van der Waals surface area contributed by atoms with Crippen LogP contribution in [-0.4, -0.2) is 51.8 Å². The molecule has 2 N–H and O–H groups in total. The van der Waals surface area contributed by atoms with E-state index in [0.717, 1.165) is 49.6 Å². The van der Waals surface area contributed by atoms with Gasteiger partial charge in [-0.3, -0.25) is 9.89 Å². The third-order valence-electron chi connectivity index (χ3n) is 4.97. The van der Waals surface area contributed by atoms with E-state index in [4.69, 9.17) is 0 Å². The molecule has 1 aromatic heterocycles. The number of aromatic nitrogens is 3. The quantitative estimate of drug-likeness (QED) is 0.337. The molecule has 0 amide bonds. The molecule has 2 heterocycles. The molecule has 1 unspecified atom stereocenters. The third-order valence-corrected chi connectivity index (χ3v) is 4.97. The molecule has 1 saturated heterocycles.